The Hall–Kier alpha value is -2.47. The number of nitrogens with zero attached hydrogens (tertiary/aromatic N) is 2. The number of anilines is 2. The van der Waals surface area contributed by atoms with E-state index in [4.69, 9.17) is 0 Å². The van der Waals surface area contributed by atoms with E-state index in [1.165, 1.54) is 0 Å². The Balaban J connectivity index is 1.63. The first-order valence-electron chi connectivity index (χ1n) is 9.25. The Morgan fingerprint density at radius 1 is 1.15 bits per heavy atom. The van der Waals surface area contributed by atoms with Gasteiger partial charge in [0.1, 0.15) is 11.6 Å². The fourth-order valence-electron chi connectivity index (χ4n) is 4.46. The van der Waals surface area contributed by atoms with Crippen LogP contribution >= 0.6 is 0 Å². The SMILES string of the molecule is O=C1Nc2nccc(-c3cc(F)cc(N4CCNCC4)c3)c2C12CCC2. The first kappa shape index (κ1) is 15.8. The highest BCUT2D eigenvalue weighted by atomic mass is 19.1. The summed E-state index contributed by atoms with van der Waals surface area (Å²) in [5, 5.41) is 6.25. The number of hydrogen-bond acceptors (Lipinski definition) is 4. The van der Waals surface area contributed by atoms with Crippen molar-refractivity contribution in [1.29, 1.82) is 0 Å². The van der Waals surface area contributed by atoms with Crippen molar-refractivity contribution in [1.82, 2.24) is 10.3 Å². The van der Waals surface area contributed by atoms with Gasteiger partial charge in [0.2, 0.25) is 5.91 Å². The number of piperazine rings is 1. The lowest BCUT2D eigenvalue weighted by molar-refractivity contribution is -0.123. The van der Waals surface area contributed by atoms with Crippen molar-refractivity contribution in [3.05, 3.63) is 41.8 Å². The van der Waals surface area contributed by atoms with Crippen LogP contribution in [0.3, 0.4) is 0 Å². The lowest BCUT2D eigenvalue weighted by Crippen LogP contribution is -2.43. The number of benzene rings is 1. The number of carbonyl (C=O) groups excluding carboxylic acids is 1. The van der Waals surface area contributed by atoms with Gasteiger partial charge in [-0.15, -0.1) is 0 Å². The van der Waals surface area contributed by atoms with E-state index in [9.17, 15) is 9.18 Å². The smallest absolute Gasteiger partial charge is 0.236 e. The Morgan fingerprint density at radius 2 is 1.96 bits per heavy atom. The molecule has 134 valence electrons. The van der Waals surface area contributed by atoms with Gasteiger partial charge in [0.15, 0.2) is 0 Å². The molecule has 1 spiro atoms. The summed E-state index contributed by atoms with van der Waals surface area (Å²) in [7, 11) is 0. The molecule has 0 bridgehead atoms. The molecule has 2 aliphatic heterocycles. The van der Waals surface area contributed by atoms with E-state index < -0.39 is 5.41 Å². The van der Waals surface area contributed by atoms with Crippen LogP contribution in [0.15, 0.2) is 30.5 Å². The largest absolute Gasteiger partial charge is 0.369 e. The standard InChI is InChI=1S/C20H21FN4O/c21-14-10-13(11-15(12-14)25-8-6-22-7-9-25)16-2-5-23-18-17(16)20(3-1-4-20)19(26)24-18/h2,5,10-12,22H,1,3-4,6-9H2,(H,23,24,26). The summed E-state index contributed by atoms with van der Waals surface area (Å²) in [6.07, 6.45) is 4.41. The van der Waals surface area contributed by atoms with Crippen molar-refractivity contribution in [3.63, 3.8) is 0 Å². The molecule has 1 aromatic heterocycles. The average molecular weight is 352 g/mol. The van der Waals surface area contributed by atoms with E-state index >= 15 is 0 Å². The first-order valence-corrected chi connectivity index (χ1v) is 9.25. The second kappa shape index (κ2) is 5.77. The summed E-state index contributed by atoms with van der Waals surface area (Å²) in [4.78, 5) is 19.1. The molecule has 5 nitrogen and oxygen atoms in total. The Kier molecular flexibility index (Phi) is 3.50. The van der Waals surface area contributed by atoms with Gasteiger partial charge < -0.3 is 15.5 Å². The number of amides is 1. The van der Waals surface area contributed by atoms with Gasteiger partial charge in [0.05, 0.1) is 5.41 Å². The summed E-state index contributed by atoms with van der Waals surface area (Å²) in [6.45, 7) is 3.53. The maximum atomic E-state index is 14.4. The van der Waals surface area contributed by atoms with E-state index in [2.05, 4.69) is 20.5 Å². The summed E-state index contributed by atoms with van der Waals surface area (Å²) < 4.78 is 14.4. The molecule has 1 saturated heterocycles. The third-order valence-corrected chi connectivity index (χ3v) is 5.98. The number of pyridine rings is 1. The molecule has 1 amide bonds. The second-order valence-electron chi connectivity index (χ2n) is 7.41. The average Bonchev–Trinajstić information content (AvgIpc) is 2.94. The van der Waals surface area contributed by atoms with Crippen LogP contribution < -0.4 is 15.5 Å². The number of rotatable bonds is 2. The van der Waals surface area contributed by atoms with E-state index in [0.717, 1.165) is 67.8 Å². The summed E-state index contributed by atoms with van der Waals surface area (Å²) in [5.74, 6) is 0.430. The quantitative estimate of drug-likeness (QED) is 0.873. The van der Waals surface area contributed by atoms with Crippen LogP contribution in [0.25, 0.3) is 11.1 Å². The molecule has 1 aliphatic carbocycles. The van der Waals surface area contributed by atoms with Crippen LogP contribution in [0.5, 0.6) is 0 Å². The topological polar surface area (TPSA) is 57.3 Å². The summed E-state index contributed by atoms with van der Waals surface area (Å²) in [5.41, 5.74) is 3.12. The Morgan fingerprint density at radius 3 is 2.69 bits per heavy atom. The molecule has 3 heterocycles. The van der Waals surface area contributed by atoms with Crippen molar-refractivity contribution in [2.45, 2.75) is 24.7 Å². The minimum Gasteiger partial charge on any atom is -0.369 e. The number of halogens is 1. The van der Waals surface area contributed by atoms with Crippen LogP contribution in [0.4, 0.5) is 15.9 Å². The molecule has 6 heteroatoms. The summed E-state index contributed by atoms with van der Waals surface area (Å²) in [6, 6.07) is 7.11. The van der Waals surface area contributed by atoms with Gasteiger partial charge in [0, 0.05) is 43.6 Å². The van der Waals surface area contributed by atoms with E-state index in [-0.39, 0.29) is 11.7 Å². The molecular formula is C20H21FN4O. The van der Waals surface area contributed by atoms with E-state index in [1.54, 1.807) is 18.3 Å². The highest BCUT2D eigenvalue weighted by Crippen LogP contribution is 2.53. The molecule has 2 aromatic rings. The van der Waals surface area contributed by atoms with Crippen LogP contribution in [0.2, 0.25) is 0 Å². The normalized spacial score (nSPS) is 20.7. The van der Waals surface area contributed by atoms with Crippen LogP contribution in [0.1, 0.15) is 24.8 Å². The predicted octanol–water partition coefficient (Wildman–Crippen LogP) is 2.67. The van der Waals surface area contributed by atoms with Gasteiger partial charge in [-0.2, -0.15) is 0 Å². The van der Waals surface area contributed by atoms with Gasteiger partial charge in [-0.25, -0.2) is 9.37 Å². The molecule has 5 rings (SSSR count). The zero-order valence-corrected chi connectivity index (χ0v) is 14.5. The zero-order chi connectivity index (χ0) is 17.7. The molecule has 1 aromatic carbocycles. The number of aromatic nitrogens is 1. The van der Waals surface area contributed by atoms with E-state index in [1.807, 2.05) is 12.1 Å². The second-order valence-corrected chi connectivity index (χ2v) is 7.41. The minimum atomic E-state index is -0.472. The third-order valence-electron chi connectivity index (χ3n) is 5.98. The van der Waals surface area contributed by atoms with Crippen molar-refractivity contribution in [2.75, 3.05) is 36.4 Å². The van der Waals surface area contributed by atoms with Crippen molar-refractivity contribution in [2.24, 2.45) is 0 Å². The van der Waals surface area contributed by atoms with Gasteiger partial charge in [-0.05, 0) is 48.2 Å². The molecule has 2 fully saturated rings. The molecule has 0 radical (unpaired) electrons. The number of carbonyl (C=O) groups is 1. The number of nitrogens with one attached hydrogen (secondary N) is 2. The van der Waals surface area contributed by atoms with Gasteiger partial charge in [-0.3, -0.25) is 4.79 Å². The molecule has 0 atom stereocenters. The highest BCUT2D eigenvalue weighted by molar-refractivity contribution is 6.08. The fourth-order valence-corrected chi connectivity index (χ4v) is 4.46. The van der Waals surface area contributed by atoms with Crippen molar-refractivity contribution in [3.8, 4) is 11.1 Å². The molecule has 0 unspecified atom stereocenters. The Bertz CT molecular complexity index is 887. The lowest BCUT2D eigenvalue weighted by Gasteiger charge is -2.37. The highest BCUT2D eigenvalue weighted by Gasteiger charge is 2.53. The molecule has 26 heavy (non-hydrogen) atoms. The molecule has 2 N–H and O–H groups in total. The Labute approximate surface area is 151 Å². The van der Waals surface area contributed by atoms with Crippen molar-refractivity contribution < 1.29 is 9.18 Å². The lowest BCUT2D eigenvalue weighted by atomic mass is 9.64. The zero-order valence-electron chi connectivity index (χ0n) is 14.5. The molecular weight excluding hydrogens is 331 g/mol. The van der Waals surface area contributed by atoms with Gasteiger partial charge >= 0.3 is 0 Å². The number of hydrogen-bond donors (Lipinski definition) is 2. The maximum absolute atomic E-state index is 14.4. The van der Waals surface area contributed by atoms with Crippen molar-refractivity contribution >= 4 is 17.4 Å². The molecule has 3 aliphatic rings. The first-order chi connectivity index (χ1) is 12.7. The van der Waals surface area contributed by atoms with Crippen LogP contribution in [-0.2, 0) is 10.2 Å². The van der Waals surface area contributed by atoms with Gasteiger partial charge in [-0.1, -0.05) is 6.42 Å². The van der Waals surface area contributed by atoms with Crippen LogP contribution in [-0.4, -0.2) is 37.1 Å². The van der Waals surface area contributed by atoms with Crippen LogP contribution in [0, 0.1) is 5.82 Å². The predicted molar refractivity (Wildman–Crippen MR) is 98.9 cm³/mol. The molecule has 1 saturated carbocycles. The monoisotopic (exact) mass is 352 g/mol. The number of fused-ring (bicyclic) bond motifs is 2. The minimum absolute atomic E-state index is 0.0393. The third kappa shape index (κ3) is 2.25. The van der Waals surface area contributed by atoms with E-state index in [0.29, 0.717) is 5.82 Å². The maximum Gasteiger partial charge on any atom is 0.236 e. The summed E-state index contributed by atoms with van der Waals surface area (Å²) >= 11 is 0. The fraction of sp³-hybridized carbons (Fsp3) is 0.400. The van der Waals surface area contributed by atoms with Gasteiger partial charge in [0.25, 0.3) is 0 Å².